The van der Waals surface area contributed by atoms with E-state index in [9.17, 15) is 4.79 Å². The number of nitrogens with two attached hydrogens (primary N) is 1. The first kappa shape index (κ1) is 12.9. The summed E-state index contributed by atoms with van der Waals surface area (Å²) in [7, 11) is 0. The van der Waals surface area contributed by atoms with Crippen LogP contribution in [0.3, 0.4) is 0 Å². The molecule has 2 saturated carbocycles. The normalized spacial score (nSPS) is 37.3. The van der Waals surface area contributed by atoms with Crippen molar-refractivity contribution in [2.24, 2.45) is 29.4 Å². The molecule has 4 atom stereocenters. The molecule has 3 N–H and O–H groups in total. The first-order chi connectivity index (χ1) is 8.22. The minimum Gasteiger partial charge on any atom is -0.356 e. The van der Waals surface area contributed by atoms with Gasteiger partial charge in [0.15, 0.2) is 0 Å². The van der Waals surface area contributed by atoms with E-state index in [2.05, 4.69) is 12.2 Å². The van der Waals surface area contributed by atoms with Crippen molar-refractivity contribution in [2.75, 3.05) is 13.1 Å². The third-order valence-corrected chi connectivity index (χ3v) is 4.86. The average Bonchev–Trinajstić information content (AvgIpc) is 2.94. The van der Waals surface area contributed by atoms with Crippen LogP contribution in [0.2, 0.25) is 0 Å². The van der Waals surface area contributed by atoms with Gasteiger partial charge in [0.2, 0.25) is 5.91 Å². The smallest absolute Gasteiger partial charge is 0.223 e. The lowest BCUT2D eigenvalue weighted by atomic mass is 9.94. The summed E-state index contributed by atoms with van der Waals surface area (Å²) in [5, 5.41) is 3.17. The second kappa shape index (κ2) is 5.85. The highest BCUT2D eigenvalue weighted by Crippen LogP contribution is 2.32. The SMILES string of the molecule is CC1CCCC1C(=O)NCC1CCCC1CN. The fraction of sp³-hybridized carbons (Fsp3) is 0.929. The number of nitrogens with one attached hydrogen (secondary N) is 1. The molecule has 3 heteroatoms. The van der Waals surface area contributed by atoms with Gasteiger partial charge in [0, 0.05) is 12.5 Å². The molecule has 0 spiro atoms. The molecule has 1 amide bonds. The van der Waals surface area contributed by atoms with Gasteiger partial charge in [-0.05, 0) is 50.0 Å². The molecule has 0 heterocycles. The third kappa shape index (κ3) is 3.01. The molecule has 2 fully saturated rings. The summed E-state index contributed by atoms with van der Waals surface area (Å²) < 4.78 is 0. The molecule has 0 radical (unpaired) electrons. The van der Waals surface area contributed by atoms with Crippen LogP contribution >= 0.6 is 0 Å². The summed E-state index contributed by atoms with van der Waals surface area (Å²) in [5.41, 5.74) is 5.76. The summed E-state index contributed by atoms with van der Waals surface area (Å²) in [6.07, 6.45) is 7.28. The van der Waals surface area contributed by atoms with E-state index in [0.717, 1.165) is 19.5 Å². The minimum absolute atomic E-state index is 0.271. The maximum absolute atomic E-state index is 12.1. The Kier molecular flexibility index (Phi) is 4.43. The monoisotopic (exact) mass is 238 g/mol. The molecular weight excluding hydrogens is 212 g/mol. The van der Waals surface area contributed by atoms with Crippen LogP contribution in [0.4, 0.5) is 0 Å². The molecule has 98 valence electrons. The van der Waals surface area contributed by atoms with E-state index in [1.807, 2.05) is 0 Å². The van der Waals surface area contributed by atoms with Crippen LogP contribution < -0.4 is 11.1 Å². The van der Waals surface area contributed by atoms with Crippen molar-refractivity contribution in [3.05, 3.63) is 0 Å². The van der Waals surface area contributed by atoms with Crippen LogP contribution in [-0.2, 0) is 4.79 Å². The van der Waals surface area contributed by atoms with E-state index in [-0.39, 0.29) is 11.8 Å². The Labute approximate surface area is 105 Å². The van der Waals surface area contributed by atoms with Crippen molar-refractivity contribution in [3.63, 3.8) is 0 Å². The van der Waals surface area contributed by atoms with Crippen LogP contribution in [0.25, 0.3) is 0 Å². The molecule has 0 aliphatic heterocycles. The summed E-state index contributed by atoms with van der Waals surface area (Å²) in [4.78, 5) is 12.1. The summed E-state index contributed by atoms with van der Waals surface area (Å²) in [6, 6.07) is 0. The molecule has 2 aliphatic carbocycles. The van der Waals surface area contributed by atoms with Crippen LogP contribution in [0.1, 0.15) is 45.4 Å². The second-order valence-electron chi connectivity index (χ2n) is 5.95. The molecule has 4 unspecified atom stereocenters. The van der Waals surface area contributed by atoms with Crippen LogP contribution in [0.5, 0.6) is 0 Å². The van der Waals surface area contributed by atoms with Crippen LogP contribution in [0, 0.1) is 23.7 Å². The Bertz CT molecular complexity index is 267. The van der Waals surface area contributed by atoms with Gasteiger partial charge in [0.05, 0.1) is 0 Å². The molecule has 0 saturated heterocycles. The Balaban J connectivity index is 1.76. The first-order valence-electron chi connectivity index (χ1n) is 7.20. The molecular formula is C14H26N2O. The molecule has 0 aromatic heterocycles. The zero-order chi connectivity index (χ0) is 12.3. The zero-order valence-corrected chi connectivity index (χ0v) is 11.0. The number of carbonyl (C=O) groups excluding carboxylic acids is 1. The fourth-order valence-electron chi connectivity index (χ4n) is 3.59. The minimum atomic E-state index is 0.271. The summed E-state index contributed by atoms with van der Waals surface area (Å²) in [5.74, 6) is 2.39. The molecule has 2 aliphatic rings. The van der Waals surface area contributed by atoms with E-state index in [1.54, 1.807) is 0 Å². The van der Waals surface area contributed by atoms with Gasteiger partial charge >= 0.3 is 0 Å². The Morgan fingerprint density at radius 1 is 1.18 bits per heavy atom. The number of rotatable bonds is 4. The van der Waals surface area contributed by atoms with Gasteiger partial charge in [0.1, 0.15) is 0 Å². The lowest BCUT2D eigenvalue weighted by Gasteiger charge is -2.21. The van der Waals surface area contributed by atoms with Gasteiger partial charge in [-0.1, -0.05) is 19.8 Å². The molecule has 0 aromatic rings. The predicted molar refractivity (Wildman–Crippen MR) is 69.4 cm³/mol. The van der Waals surface area contributed by atoms with Crippen molar-refractivity contribution in [1.29, 1.82) is 0 Å². The number of carbonyl (C=O) groups is 1. The van der Waals surface area contributed by atoms with E-state index in [1.165, 1.54) is 32.1 Å². The number of hydrogen-bond acceptors (Lipinski definition) is 2. The van der Waals surface area contributed by atoms with Crippen molar-refractivity contribution < 1.29 is 4.79 Å². The van der Waals surface area contributed by atoms with Gasteiger partial charge in [0.25, 0.3) is 0 Å². The number of hydrogen-bond donors (Lipinski definition) is 2. The average molecular weight is 238 g/mol. The quantitative estimate of drug-likeness (QED) is 0.786. The second-order valence-corrected chi connectivity index (χ2v) is 5.95. The highest BCUT2D eigenvalue weighted by molar-refractivity contribution is 5.79. The number of amides is 1. The van der Waals surface area contributed by atoms with Crippen molar-refractivity contribution in [1.82, 2.24) is 5.32 Å². The highest BCUT2D eigenvalue weighted by atomic mass is 16.1. The van der Waals surface area contributed by atoms with Crippen molar-refractivity contribution >= 4 is 5.91 Å². The Morgan fingerprint density at radius 2 is 1.88 bits per heavy atom. The third-order valence-electron chi connectivity index (χ3n) is 4.86. The Hall–Kier alpha value is -0.570. The molecule has 0 bridgehead atoms. The first-order valence-corrected chi connectivity index (χ1v) is 7.20. The topological polar surface area (TPSA) is 55.1 Å². The summed E-state index contributed by atoms with van der Waals surface area (Å²) in [6.45, 7) is 3.83. The van der Waals surface area contributed by atoms with E-state index in [4.69, 9.17) is 5.73 Å². The molecule has 17 heavy (non-hydrogen) atoms. The molecule has 0 aromatic carbocycles. The van der Waals surface area contributed by atoms with Gasteiger partial charge in [-0.15, -0.1) is 0 Å². The fourth-order valence-corrected chi connectivity index (χ4v) is 3.59. The van der Waals surface area contributed by atoms with Crippen molar-refractivity contribution in [2.45, 2.75) is 45.4 Å². The van der Waals surface area contributed by atoms with E-state index in [0.29, 0.717) is 17.8 Å². The van der Waals surface area contributed by atoms with Gasteiger partial charge in [-0.2, -0.15) is 0 Å². The van der Waals surface area contributed by atoms with Gasteiger partial charge in [-0.3, -0.25) is 4.79 Å². The molecule has 2 rings (SSSR count). The highest BCUT2D eigenvalue weighted by Gasteiger charge is 2.31. The van der Waals surface area contributed by atoms with Crippen LogP contribution in [-0.4, -0.2) is 19.0 Å². The maximum Gasteiger partial charge on any atom is 0.223 e. The van der Waals surface area contributed by atoms with Gasteiger partial charge in [-0.25, -0.2) is 0 Å². The van der Waals surface area contributed by atoms with E-state index < -0.39 is 0 Å². The van der Waals surface area contributed by atoms with E-state index >= 15 is 0 Å². The lowest BCUT2D eigenvalue weighted by Crippen LogP contribution is -2.37. The standard InChI is InChI=1S/C14H26N2O/c1-10-4-2-7-13(10)14(17)16-9-12-6-3-5-11(12)8-15/h10-13H,2-9,15H2,1H3,(H,16,17). The van der Waals surface area contributed by atoms with Crippen molar-refractivity contribution in [3.8, 4) is 0 Å². The largest absolute Gasteiger partial charge is 0.356 e. The molecule has 3 nitrogen and oxygen atoms in total. The van der Waals surface area contributed by atoms with Crippen LogP contribution in [0.15, 0.2) is 0 Å². The summed E-state index contributed by atoms with van der Waals surface area (Å²) >= 11 is 0. The lowest BCUT2D eigenvalue weighted by molar-refractivity contribution is -0.126. The Morgan fingerprint density at radius 3 is 2.53 bits per heavy atom. The van der Waals surface area contributed by atoms with Gasteiger partial charge < -0.3 is 11.1 Å². The predicted octanol–water partition coefficient (Wildman–Crippen LogP) is 1.91. The zero-order valence-electron chi connectivity index (χ0n) is 11.0. The maximum atomic E-state index is 12.1.